The second kappa shape index (κ2) is 8.15. The number of rotatable bonds is 3. The van der Waals surface area contributed by atoms with Crippen LogP contribution in [0.5, 0.6) is 0 Å². The number of aromatic nitrogens is 2. The van der Waals surface area contributed by atoms with Crippen LogP contribution in [0, 0.1) is 64.1 Å². The van der Waals surface area contributed by atoms with Crippen molar-refractivity contribution in [3.63, 3.8) is 0 Å². The summed E-state index contributed by atoms with van der Waals surface area (Å²) in [6, 6.07) is 2.16. The van der Waals surface area contributed by atoms with Crippen molar-refractivity contribution in [1.29, 1.82) is 5.26 Å². The third-order valence-electron chi connectivity index (χ3n) is 10.8. The Labute approximate surface area is 194 Å². The van der Waals surface area contributed by atoms with Gasteiger partial charge in [0, 0.05) is 6.20 Å². The molecule has 4 aliphatic rings. The van der Waals surface area contributed by atoms with Gasteiger partial charge in [0.25, 0.3) is 0 Å². The molecule has 5 rings (SSSR count). The molecule has 10 atom stereocenters. The van der Waals surface area contributed by atoms with Crippen molar-refractivity contribution in [2.45, 2.75) is 97.6 Å². The third-order valence-corrected chi connectivity index (χ3v) is 10.8. The van der Waals surface area contributed by atoms with E-state index in [2.05, 4.69) is 31.9 Å². The second-order valence-electron chi connectivity index (χ2n) is 12.8. The highest BCUT2D eigenvalue weighted by atomic mass is 16.3. The first-order valence-electron chi connectivity index (χ1n) is 13.4. The summed E-state index contributed by atoms with van der Waals surface area (Å²) in [4.78, 5) is 0. The predicted molar refractivity (Wildman–Crippen MR) is 126 cm³/mol. The molecule has 0 aliphatic heterocycles. The van der Waals surface area contributed by atoms with Crippen LogP contribution in [0.25, 0.3) is 0 Å². The minimum absolute atomic E-state index is 0.197. The van der Waals surface area contributed by atoms with Crippen LogP contribution in [-0.2, 0) is 6.54 Å². The number of hydrogen-bond acceptors (Lipinski definition) is 3. The smallest absolute Gasteiger partial charge is 0.102 e. The lowest BCUT2D eigenvalue weighted by Crippen LogP contribution is -2.60. The molecule has 1 aromatic rings. The van der Waals surface area contributed by atoms with Crippen LogP contribution >= 0.6 is 0 Å². The van der Waals surface area contributed by atoms with Crippen molar-refractivity contribution in [3.8, 4) is 6.07 Å². The molecule has 0 saturated heterocycles. The van der Waals surface area contributed by atoms with E-state index in [4.69, 9.17) is 5.26 Å². The van der Waals surface area contributed by atoms with Crippen molar-refractivity contribution >= 4 is 0 Å². The van der Waals surface area contributed by atoms with Crippen molar-refractivity contribution in [1.82, 2.24) is 9.78 Å². The minimum atomic E-state index is -0.809. The maximum absolute atomic E-state index is 11.8. The predicted octanol–water partition coefficient (Wildman–Crippen LogP) is 6.05. The minimum Gasteiger partial charge on any atom is -0.388 e. The first-order valence-corrected chi connectivity index (χ1v) is 13.4. The Balaban J connectivity index is 1.40. The number of aliphatic hydroxyl groups is 1. The van der Waals surface area contributed by atoms with Crippen molar-refractivity contribution in [3.05, 3.63) is 18.0 Å². The lowest BCUT2D eigenvalue weighted by atomic mass is 9.42. The van der Waals surface area contributed by atoms with E-state index in [-0.39, 0.29) is 11.3 Å². The van der Waals surface area contributed by atoms with Crippen LogP contribution in [0.3, 0.4) is 0 Å². The van der Waals surface area contributed by atoms with E-state index >= 15 is 0 Å². The average Bonchev–Trinajstić information content (AvgIpc) is 3.19. The van der Waals surface area contributed by atoms with Gasteiger partial charge in [0.1, 0.15) is 6.07 Å². The third kappa shape index (κ3) is 3.64. The van der Waals surface area contributed by atoms with Gasteiger partial charge in [-0.3, -0.25) is 4.68 Å². The Morgan fingerprint density at radius 3 is 2.66 bits per heavy atom. The van der Waals surface area contributed by atoms with E-state index in [0.29, 0.717) is 12.1 Å². The topological polar surface area (TPSA) is 61.8 Å². The van der Waals surface area contributed by atoms with Gasteiger partial charge in [-0.15, -0.1) is 0 Å². The fourth-order valence-corrected chi connectivity index (χ4v) is 9.75. The van der Waals surface area contributed by atoms with E-state index in [1.165, 1.54) is 51.4 Å². The highest BCUT2D eigenvalue weighted by Gasteiger charge is 2.60. The maximum atomic E-state index is 11.8. The van der Waals surface area contributed by atoms with Crippen molar-refractivity contribution < 1.29 is 5.11 Å². The standard InChI is InChI=1S/C28H43N3O/c1-18-5-8-22-21(13-18)7-9-24-23(22)11-12-27(3)25(10-6-19(2)26(24)27)28(4,32)17-31-16-20(14-29)15-30-31/h15-16,18-19,21-26,32H,5-13,17H2,1-4H3/t18-,19?,21?,22-,23?,24+,25-,26?,27+,28-/m0/s1. The lowest BCUT2D eigenvalue weighted by Gasteiger charge is -2.64. The molecule has 0 bridgehead atoms. The zero-order chi connectivity index (χ0) is 22.7. The highest BCUT2D eigenvalue weighted by molar-refractivity contribution is 5.21. The Morgan fingerprint density at radius 1 is 1.12 bits per heavy atom. The molecule has 4 heteroatoms. The van der Waals surface area contributed by atoms with Gasteiger partial charge in [-0.2, -0.15) is 10.4 Å². The number of nitriles is 1. The normalized spacial score (nSPS) is 45.6. The van der Waals surface area contributed by atoms with Crippen LogP contribution < -0.4 is 0 Å². The van der Waals surface area contributed by atoms with Gasteiger partial charge in [0.15, 0.2) is 0 Å². The Morgan fingerprint density at radius 2 is 1.91 bits per heavy atom. The summed E-state index contributed by atoms with van der Waals surface area (Å²) in [6.07, 6.45) is 15.6. The molecule has 4 nitrogen and oxygen atoms in total. The molecule has 176 valence electrons. The molecule has 0 spiro atoms. The van der Waals surface area contributed by atoms with Crippen LogP contribution in [-0.4, -0.2) is 20.5 Å². The van der Waals surface area contributed by atoms with Gasteiger partial charge < -0.3 is 5.11 Å². The van der Waals surface area contributed by atoms with Crippen LogP contribution in [0.2, 0.25) is 0 Å². The molecule has 4 fully saturated rings. The monoisotopic (exact) mass is 437 g/mol. The van der Waals surface area contributed by atoms with E-state index in [9.17, 15) is 5.11 Å². The van der Waals surface area contributed by atoms with E-state index in [1.54, 1.807) is 17.1 Å². The lowest BCUT2D eigenvalue weighted by molar-refractivity contribution is -0.180. The molecule has 4 unspecified atom stereocenters. The molecule has 0 radical (unpaired) electrons. The molecule has 32 heavy (non-hydrogen) atoms. The van der Waals surface area contributed by atoms with Crippen LogP contribution in [0.1, 0.15) is 91.0 Å². The Kier molecular flexibility index (Phi) is 5.72. The SMILES string of the molecule is CC1CC[C@H]([C@@](C)(O)Cn2cc(C#N)cn2)[C@@]2(C)CCC3[C@@H](CCC4C[C@@H](C)CC[C@@H]43)C12. The Hall–Kier alpha value is -1.34. The molecule has 4 aliphatic carbocycles. The van der Waals surface area contributed by atoms with Crippen molar-refractivity contribution in [2.24, 2.45) is 52.8 Å². The molecule has 0 aromatic carbocycles. The molecule has 1 N–H and O–H groups in total. The van der Waals surface area contributed by atoms with Crippen LogP contribution in [0.15, 0.2) is 12.4 Å². The number of nitrogens with zero attached hydrogens (tertiary/aromatic N) is 3. The zero-order valence-electron chi connectivity index (χ0n) is 20.6. The van der Waals surface area contributed by atoms with E-state index in [1.807, 2.05) is 6.92 Å². The van der Waals surface area contributed by atoms with Gasteiger partial charge >= 0.3 is 0 Å². The quantitative estimate of drug-likeness (QED) is 0.626. The molecule has 1 aromatic heterocycles. The number of hydrogen-bond donors (Lipinski definition) is 1. The summed E-state index contributed by atoms with van der Waals surface area (Å²) in [5.41, 5.74) is -0.0420. The van der Waals surface area contributed by atoms with Crippen LogP contribution in [0.4, 0.5) is 0 Å². The van der Waals surface area contributed by atoms with E-state index < -0.39 is 5.60 Å². The Bertz CT molecular complexity index is 868. The first-order chi connectivity index (χ1) is 15.2. The van der Waals surface area contributed by atoms with Gasteiger partial charge in [0.2, 0.25) is 0 Å². The van der Waals surface area contributed by atoms with E-state index in [0.717, 1.165) is 47.8 Å². The maximum Gasteiger partial charge on any atom is 0.102 e. The van der Waals surface area contributed by atoms with Gasteiger partial charge in [0.05, 0.1) is 23.9 Å². The summed E-state index contributed by atoms with van der Waals surface area (Å²) in [6.45, 7) is 10.0. The summed E-state index contributed by atoms with van der Waals surface area (Å²) >= 11 is 0. The van der Waals surface area contributed by atoms with Gasteiger partial charge in [-0.05, 0) is 105 Å². The van der Waals surface area contributed by atoms with Crippen molar-refractivity contribution in [2.75, 3.05) is 0 Å². The zero-order valence-corrected chi connectivity index (χ0v) is 20.6. The summed E-state index contributed by atoms with van der Waals surface area (Å²) in [5.74, 6) is 6.44. The van der Waals surface area contributed by atoms with Gasteiger partial charge in [-0.25, -0.2) is 0 Å². The molecule has 0 amide bonds. The molecule has 4 saturated carbocycles. The average molecular weight is 438 g/mol. The summed E-state index contributed by atoms with van der Waals surface area (Å²) < 4.78 is 1.79. The molecular formula is C28H43N3O. The second-order valence-corrected chi connectivity index (χ2v) is 12.8. The molecule has 1 heterocycles. The molecular weight excluding hydrogens is 394 g/mol. The number of fused-ring (bicyclic) bond motifs is 5. The highest BCUT2D eigenvalue weighted by Crippen LogP contribution is 2.65. The fraction of sp³-hybridized carbons (Fsp3) is 0.857. The summed E-state index contributed by atoms with van der Waals surface area (Å²) in [5, 5.41) is 25.4. The summed E-state index contributed by atoms with van der Waals surface area (Å²) in [7, 11) is 0. The fourth-order valence-electron chi connectivity index (χ4n) is 9.75. The van der Waals surface area contributed by atoms with Gasteiger partial charge in [-0.1, -0.05) is 33.6 Å². The first kappa shape index (κ1) is 22.5. The largest absolute Gasteiger partial charge is 0.388 e.